The van der Waals surface area contributed by atoms with Gasteiger partial charge in [-0.1, -0.05) is 20.3 Å². The van der Waals surface area contributed by atoms with Gasteiger partial charge < -0.3 is 10.5 Å². The van der Waals surface area contributed by atoms with Crippen molar-refractivity contribution < 1.29 is 9.13 Å². The highest BCUT2D eigenvalue weighted by Gasteiger charge is 2.20. The summed E-state index contributed by atoms with van der Waals surface area (Å²) in [6.45, 7) is 4.30. The lowest BCUT2D eigenvalue weighted by Crippen LogP contribution is -2.24. The molecule has 0 amide bonds. The monoisotopic (exact) mass is 279 g/mol. The van der Waals surface area contributed by atoms with Gasteiger partial charge in [-0.15, -0.1) is 0 Å². The van der Waals surface area contributed by atoms with Crippen LogP contribution in [0.25, 0.3) is 0 Å². The molecule has 0 spiro atoms. The lowest BCUT2D eigenvalue weighted by molar-refractivity contribution is 0.128. The Hall–Kier alpha value is -1.09. The second-order valence-corrected chi connectivity index (χ2v) is 6.18. The van der Waals surface area contributed by atoms with E-state index in [-0.39, 0.29) is 18.0 Å². The third-order valence-corrected chi connectivity index (χ3v) is 4.14. The van der Waals surface area contributed by atoms with Crippen LogP contribution in [-0.4, -0.2) is 12.1 Å². The molecule has 3 unspecified atom stereocenters. The standard InChI is InChI=1S/C17H26FNO/c1-3-15(19)9-13-8-14(18)11-17(10-13)20-16-6-4-5-12(2)7-16/h8,10-12,15-16H,3-7,9,19H2,1-2H3. The first-order chi connectivity index (χ1) is 9.56. The summed E-state index contributed by atoms with van der Waals surface area (Å²) in [5.41, 5.74) is 6.87. The average molecular weight is 279 g/mol. The van der Waals surface area contributed by atoms with Crippen LogP contribution in [0.5, 0.6) is 5.75 Å². The Labute approximate surface area is 121 Å². The van der Waals surface area contributed by atoms with Crippen molar-refractivity contribution in [1.29, 1.82) is 0 Å². The van der Waals surface area contributed by atoms with E-state index in [1.165, 1.54) is 18.9 Å². The van der Waals surface area contributed by atoms with Crippen LogP contribution in [0, 0.1) is 11.7 Å². The zero-order valence-corrected chi connectivity index (χ0v) is 12.6. The minimum absolute atomic E-state index is 0.0827. The number of nitrogens with two attached hydrogens (primary N) is 1. The van der Waals surface area contributed by atoms with Crippen molar-refractivity contribution in [3.05, 3.63) is 29.6 Å². The second-order valence-electron chi connectivity index (χ2n) is 6.18. The minimum atomic E-state index is -0.232. The maximum absolute atomic E-state index is 13.7. The molecule has 1 aliphatic rings. The van der Waals surface area contributed by atoms with Gasteiger partial charge in [-0.25, -0.2) is 4.39 Å². The van der Waals surface area contributed by atoms with E-state index in [1.807, 2.05) is 13.0 Å². The van der Waals surface area contributed by atoms with Crippen molar-refractivity contribution in [3.63, 3.8) is 0 Å². The van der Waals surface area contributed by atoms with E-state index in [0.717, 1.165) is 24.8 Å². The highest BCUT2D eigenvalue weighted by molar-refractivity contribution is 5.30. The van der Waals surface area contributed by atoms with Gasteiger partial charge in [-0.2, -0.15) is 0 Å². The highest BCUT2D eigenvalue weighted by atomic mass is 19.1. The fourth-order valence-electron chi connectivity index (χ4n) is 2.93. The molecule has 0 bridgehead atoms. The van der Waals surface area contributed by atoms with Crippen LogP contribution in [0.3, 0.4) is 0 Å². The van der Waals surface area contributed by atoms with E-state index in [4.69, 9.17) is 10.5 Å². The zero-order valence-electron chi connectivity index (χ0n) is 12.6. The van der Waals surface area contributed by atoms with Gasteiger partial charge in [0.05, 0.1) is 6.10 Å². The fourth-order valence-corrected chi connectivity index (χ4v) is 2.93. The first-order valence-electron chi connectivity index (χ1n) is 7.78. The van der Waals surface area contributed by atoms with Crippen LogP contribution in [0.2, 0.25) is 0 Å². The molecular weight excluding hydrogens is 253 g/mol. The van der Waals surface area contributed by atoms with Gasteiger partial charge in [-0.05, 0) is 55.7 Å². The largest absolute Gasteiger partial charge is 0.490 e. The molecule has 0 saturated heterocycles. The first kappa shape index (κ1) is 15.3. The molecule has 112 valence electrons. The normalized spacial score (nSPS) is 24.4. The number of hydrogen-bond donors (Lipinski definition) is 1. The summed E-state index contributed by atoms with van der Waals surface area (Å²) in [6.07, 6.45) is 6.45. The number of benzene rings is 1. The molecule has 3 heteroatoms. The summed E-state index contributed by atoms with van der Waals surface area (Å²) in [5.74, 6) is 1.13. The van der Waals surface area contributed by atoms with E-state index >= 15 is 0 Å². The Bertz CT molecular complexity index is 435. The predicted molar refractivity (Wildman–Crippen MR) is 80.4 cm³/mol. The third-order valence-electron chi connectivity index (χ3n) is 4.14. The Morgan fingerprint density at radius 3 is 2.85 bits per heavy atom. The SMILES string of the molecule is CCC(N)Cc1cc(F)cc(OC2CCCC(C)C2)c1. The molecule has 1 aromatic carbocycles. The van der Waals surface area contributed by atoms with Crippen molar-refractivity contribution in [2.45, 2.75) is 64.5 Å². The number of hydrogen-bond acceptors (Lipinski definition) is 2. The highest BCUT2D eigenvalue weighted by Crippen LogP contribution is 2.28. The van der Waals surface area contributed by atoms with E-state index in [1.54, 1.807) is 6.07 Å². The Balaban J connectivity index is 2.03. The van der Waals surface area contributed by atoms with Crippen molar-refractivity contribution in [2.24, 2.45) is 11.7 Å². The summed E-state index contributed by atoms with van der Waals surface area (Å²) >= 11 is 0. The molecule has 3 atom stereocenters. The van der Waals surface area contributed by atoms with Crippen LogP contribution >= 0.6 is 0 Å². The molecule has 20 heavy (non-hydrogen) atoms. The second kappa shape index (κ2) is 7.07. The molecule has 1 fully saturated rings. The molecule has 1 aromatic rings. The zero-order chi connectivity index (χ0) is 14.5. The van der Waals surface area contributed by atoms with Crippen LogP contribution in [-0.2, 0) is 6.42 Å². The van der Waals surface area contributed by atoms with Crippen molar-refractivity contribution in [2.75, 3.05) is 0 Å². The molecule has 2 N–H and O–H groups in total. The number of ether oxygens (including phenoxy) is 1. The molecule has 0 aromatic heterocycles. The summed E-state index contributed by atoms with van der Waals surface area (Å²) < 4.78 is 19.7. The quantitative estimate of drug-likeness (QED) is 0.882. The fraction of sp³-hybridized carbons (Fsp3) is 0.647. The Kier molecular flexibility index (Phi) is 5.41. The van der Waals surface area contributed by atoms with Gasteiger partial charge in [-0.3, -0.25) is 0 Å². The smallest absolute Gasteiger partial charge is 0.127 e. The number of rotatable bonds is 5. The van der Waals surface area contributed by atoms with Crippen LogP contribution < -0.4 is 10.5 Å². The molecule has 0 heterocycles. The molecule has 1 aliphatic carbocycles. The topological polar surface area (TPSA) is 35.2 Å². The van der Waals surface area contributed by atoms with Crippen LogP contribution in [0.1, 0.15) is 51.5 Å². The van der Waals surface area contributed by atoms with Crippen molar-refractivity contribution >= 4 is 0 Å². The van der Waals surface area contributed by atoms with Crippen molar-refractivity contribution in [3.8, 4) is 5.75 Å². The molecule has 2 nitrogen and oxygen atoms in total. The van der Waals surface area contributed by atoms with Gasteiger partial charge in [0.2, 0.25) is 0 Å². The van der Waals surface area contributed by atoms with Crippen molar-refractivity contribution in [1.82, 2.24) is 0 Å². The van der Waals surface area contributed by atoms with E-state index in [2.05, 4.69) is 6.92 Å². The maximum atomic E-state index is 13.7. The maximum Gasteiger partial charge on any atom is 0.127 e. The Morgan fingerprint density at radius 2 is 2.15 bits per heavy atom. The summed E-state index contributed by atoms with van der Waals surface area (Å²) in [4.78, 5) is 0. The molecule has 1 saturated carbocycles. The van der Waals surface area contributed by atoms with E-state index < -0.39 is 0 Å². The average Bonchev–Trinajstić information content (AvgIpc) is 2.37. The summed E-state index contributed by atoms with van der Waals surface area (Å²) in [7, 11) is 0. The van der Waals surface area contributed by atoms with Gasteiger partial charge in [0.15, 0.2) is 0 Å². The minimum Gasteiger partial charge on any atom is -0.490 e. The van der Waals surface area contributed by atoms with Crippen LogP contribution in [0.4, 0.5) is 4.39 Å². The predicted octanol–water partition coefficient (Wildman–Crippen LogP) is 4.06. The van der Waals surface area contributed by atoms with E-state index in [0.29, 0.717) is 18.1 Å². The lowest BCUT2D eigenvalue weighted by atomic mass is 9.89. The van der Waals surface area contributed by atoms with E-state index in [9.17, 15) is 4.39 Å². The van der Waals surface area contributed by atoms with Gasteiger partial charge >= 0.3 is 0 Å². The summed E-state index contributed by atoms with van der Waals surface area (Å²) in [6, 6.07) is 5.07. The van der Waals surface area contributed by atoms with Gasteiger partial charge in [0.1, 0.15) is 11.6 Å². The lowest BCUT2D eigenvalue weighted by Gasteiger charge is -2.27. The number of halogens is 1. The third kappa shape index (κ3) is 4.48. The molecule has 0 radical (unpaired) electrons. The van der Waals surface area contributed by atoms with Crippen LogP contribution in [0.15, 0.2) is 18.2 Å². The summed E-state index contributed by atoms with van der Waals surface area (Å²) in [5, 5.41) is 0. The van der Waals surface area contributed by atoms with Gasteiger partial charge in [0, 0.05) is 12.1 Å². The molecular formula is C17H26FNO. The van der Waals surface area contributed by atoms with Gasteiger partial charge in [0.25, 0.3) is 0 Å². The molecule has 2 rings (SSSR count). The molecule has 0 aliphatic heterocycles. The first-order valence-corrected chi connectivity index (χ1v) is 7.78. The Morgan fingerprint density at radius 1 is 1.35 bits per heavy atom.